The number of hydrogen-bond acceptors (Lipinski definition) is 5. The van der Waals surface area contributed by atoms with E-state index < -0.39 is 0 Å². The van der Waals surface area contributed by atoms with Gasteiger partial charge < -0.3 is 9.15 Å². The Morgan fingerprint density at radius 2 is 2.17 bits per heavy atom. The van der Waals surface area contributed by atoms with Crippen LogP contribution in [0.3, 0.4) is 0 Å². The average molecular weight is 342 g/mol. The van der Waals surface area contributed by atoms with Gasteiger partial charge in [-0.25, -0.2) is 4.98 Å². The van der Waals surface area contributed by atoms with Crippen LogP contribution in [0.5, 0.6) is 5.75 Å². The number of thiophene rings is 1. The molecule has 3 rings (SSSR count). The van der Waals surface area contributed by atoms with E-state index in [2.05, 4.69) is 41.4 Å². The average Bonchev–Trinajstić information content (AvgIpc) is 3.24. The number of oxazole rings is 1. The van der Waals surface area contributed by atoms with E-state index in [0.29, 0.717) is 5.89 Å². The highest BCUT2D eigenvalue weighted by Gasteiger charge is 2.17. The van der Waals surface area contributed by atoms with E-state index in [1.807, 2.05) is 30.5 Å². The lowest BCUT2D eigenvalue weighted by atomic mass is 10.1. The molecule has 0 saturated carbocycles. The molecule has 0 radical (unpaired) electrons. The Hall–Kier alpha value is -2.11. The largest absolute Gasteiger partial charge is 0.497 e. The van der Waals surface area contributed by atoms with Gasteiger partial charge in [0.1, 0.15) is 11.5 Å². The van der Waals surface area contributed by atoms with E-state index in [1.54, 1.807) is 18.4 Å². The summed E-state index contributed by atoms with van der Waals surface area (Å²) in [5.74, 6) is 2.46. The molecule has 5 heteroatoms. The first-order valence-electron chi connectivity index (χ1n) is 7.91. The molecule has 0 aliphatic carbocycles. The minimum atomic E-state index is 0.251. The molecule has 0 saturated heterocycles. The van der Waals surface area contributed by atoms with Crippen molar-refractivity contribution in [2.75, 3.05) is 14.2 Å². The molecule has 1 aromatic carbocycles. The Morgan fingerprint density at radius 3 is 2.88 bits per heavy atom. The molecule has 0 amide bonds. The zero-order chi connectivity index (χ0) is 17.1. The Balaban J connectivity index is 1.75. The first-order valence-corrected chi connectivity index (χ1v) is 8.86. The lowest BCUT2D eigenvalue weighted by Crippen LogP contribution is -2.22. The molecule has 4 nitrogen and oxygen atoms in total. The maximum absolute atomic E-state index is 5.83. The van der Waals surface area contributed by atoms with Crippen LogP contribution in [0.2, 0.25) is 0 Å². The summed E-state index contributed by atoms with van der Waals surface area (Å²) < 4.78 is 11.2. The van der Waals surface area contributed by atoms with Crippen molar-refractivity contribution in [3.05, 3.63) is 58.1 Å². The lowest BCUT2D eigenvalue weighted by Gasteiger charge is -2.24. The SMILES string of the molecule is COc1cccc([C@@H](C)N(C)Cc2nc(-c3ccsc3)oc2C)c1. The third kappa shape index (κ3) is 3.52. The van der Waals surface area contributed by atoms with E-state index in [1.165, 1.54) is 5.56 Å². The topological polar surface area (TPSA) is 38.5 Å². The molecule has 2 aromatic heterocycles. The molecule has 2 heterocycles. The quantitative estimate of drug-likeness (QED) is 0.638. The van der Waals surface area contributed by atoms with Gasteiger partial charge in [0.25, 0.3) is 0 Å². The predicted octanol–water partition coefficient (Wildman–Crippen LogP) is 4.91. The molecule has 0 bridgehead atoms. The second-order valence-electron chi connectivity index (χ2n) is 5.90. The summed E-state index contributed by atoms with van der Waals surface area (Å²) in [7, 11) is 3.79. The molecular formula is C19H22N2O2S. The van der Waals surface area contributed by atoms with E-state index in [4.69, 9.17) is 9.15 Å². The second kappa shape index (κ2) is 7.20. The van der Waals surface area contributed by atoms with Crippen molar-refractivity contribution in [1.82, 2.24) is 9.88 Å². The van der Waals surface area contributed by atoms with Gasteiger partial charge in [0.2, 0.25) is 5.89 Å². The Kier molecular flexibility index (Phi) is 5.02. The highest BCUT2D eigenvalue weighted by Crippen LogP contribution is 2.27. The third-order valence-electron chi connectivity index (χ3n) is 4.30. The van der Waals surface area contributed by atoms with Crippen molar-refractivity contribution >= 4 is 11.3 Å². The maximum Gasteiger partial charge on any atom is 0.227 e. The molecule has 0 unspecified atom stereocenters. The highest BCUT2D eigenvalue weighted by atomic mass is 32.1. The van der Waals surface area contributed by atoms with Gasteiger partial charge in [-0.2, -0.15) is 11.3 Å². The van der Waals surface area contributed by atoms with Crippen LogP contribution in [0.15, 0.2) is 45.5 Å². The molecule has 0 N–H and O–H groups in total. The van der Waals surface area contributed by atoms with Crippen LogP contribution in [0.4, 0.5) is 0 Å². The minimum absolute atomic E-state index is 0.251. The summed E-state index contributed by atoms with van der Waals surface area (Å²) in [4.78, 5) is 6.94. The van der Waals surface area contributed by atoms with Crippen LogP contribution in [-0.2, 0) is 6.54 Å². The highest BCUT2D eigenvalue weighted by molar-refractivity contribution is 7.08. The van der Waals surface area contributed by atoms with Gasteiger partial charge >= 0.3 is 0 Å². The smallest absolute Gasteiger partial charge is 0.227 e. The number of nitrogens with zero attached hydrogens (tertiary/aromatic N) is 2. The van der Waals surface area contributed by atoms with Crippen LogP contribution in [0, 0.1) is 6.92 Å². The van der Waals surface area contributed by atoms with Gasteiger partial charge in [-0.05, 0) is 50.0 Å². The van der Waals surface area contributed by atoms with Crippen LogP contribution in [-0.4, -0.2) is 24.0 Å². The number of benzene rings is 1. The van der Waals surface area contributed by atoms with Gasteiger partial charge in [-0.3, -0.25) is 4.90 Å². The summed E-state index contributed by atoms with van der Waals surface area (Å²) in [6, 6.07) is 10.5. The van der Waals surface area contributed by atoms with Crippen molar-refractivity contribution in [1.29, 1.82) is 0 Å². The molecule has 1 atom stereocenters. The molecule has 126 valence electrons. The zero-order valence-electron chi connectivity index (χ0n) is 14.4. The third-order valence-corrected chi connectivity index (χ3v) is 4.98. The Morgan fingerprint density at radius 1 is 1.33 bits per heavy atom. The van der Waals surface area contributed by atoms with E-state index in [-0.39, 0.29) is 6.04 Å². The lowest BCUT2D eigenvalue weighted by molar-refractivity contribution is 0.248. The second-order valence-corrected chi connectivity index (χ2v) is 6.68. The normalized spacial score (nSPS) is 12.5. The van der Waals surface area contributed by atoms with Crippen LogP contribution >= 0.6 is 11.3 Å². The van der Waals surface area contributed by atoms with E-state index in [0.717, 1.165) is 29.3 Å². The maximum atomic E-state index is 5.83. The molecule has 24 heavy (non-hydrogen) atoms. The van der Waals surface area contributed by atoms with Crippen LogP contribution < -0.4 is 4.74 Å². The predicted molar refractivity (Wildman–Crippen MR) is 97.4 cm³/mol. The number of ether oxygens (including phenoxy) is 1. The molecule has 0 aliphatic rings. The number of hydrogen-bond donors (Lipinski definition) is 0. The molecule has 0 spiro atoms. The number of rotatable bonds is 6. The fourth-order valence-electron chi connectivity index (χ4n) is 2.61. The Labute approximate surface area is 146 Å². The summed E-state index contributed by atoms with van der Waals surface area (Å²) in [6.45, 7) is 4.89. The Bertz CT molecular complexity index is 796. The van der Waals surface area contributed by atoms with Gasteiger partial charge in [0, 0.05) is 23.5 Å². The monoisotopic (exact) mass is 342 g/mol. The summed E-state index contributed by atoms with van der Waals surface area (Å²) in [5, 5.41) is 4.09. The first-order chi connectivity index (χ1) is 11.6. The van der Waals surface area contributed by atoms with Crippen molar-refractivity contribution in [2.45, 2.75) is 26.4 Å². The van der Waals surface area contributed by atoms with Crippen molar-refractivity contribution in [2.24, 2.45) is 0 Å². The minimum Gasteiger partial charge on any atom is -0.497 e. The van der Waals surface area contributed by atoms with Crippen molar-refractivity contribution in [3.63, 3.8) is 0 Å². The van der Waals surface area contributed by atoms with Gasteiger partial charge in [-0.1, -0.05) is 12.1 Å². The fourth-order valence-corrected chi connectivity index (χ4v) is 3.24. The van der Waals surface area contributed by atoms with Gasteiger partial charge in [0.15, 0.2) is 0 Å². The molecule has 0 aliphatic heterocycles. The van der Waals surface area contributed by atoms with Crippen molar-refractivity contribution in [3.8, 4) is 17.2 Å². The summed E-state index contributed by atoms with van der Waals surface area (Å²) >= 11 is 1.65. The first kappa shape index (κ1) is 16.7. The van der Waals surface area contributed by atoms with E-state index in [9.17, 15) is 0 Å². The van der Waals surface area contributed by atoms with Crippen molar-refractivity contribution < 1.29 is 9.15 Å². The zero-order valence-corrected chi connectivity index (χ0v) is 15.3. The van der Waals surface area contributed by atoms with Crippen LogP contribution in [0.25, 0.3) is 11.5 Å². The molecule has 0 fully saturated rings. The standard InChI is InChI=1S/C19H22N2O2S/c1-13(15-6-5-7-17(10-15)22-4)21(3)11-18-14(2)23-19(20-18)16-8-9-24-12-16/h5-10,12-13H,11H2,1-4H3/t13-/m1/s1. The molecular weight excluding hydrogens is 320 g/mol. The summed E-state index contributed by atoms with van der Waals surface area (Å²) in [5.41, 5.74) is 3.24. The summed E-state index contributed by atoms with van der Waals surface area (Å²) in [6.07, 6.45) is 0. The fraction of sp³-hybridized carbons (Fsp3) is 0.316. The van der Waals surface area contributed by atoms with Gasteiger partial charge in [-0.15, -0.1) is 0 Å². The van der Waals surface area contributed by atoms with E-state index >= 15 is 0 Å². The number of aryl methyl sites for hydroxylation is 1. The van der Waals surface area contributed by atoms with Gasteiger partial charge in [0.05, 0.1) is 12.8 Å². The number of methoxy groups -OCH3 is 1. The van der Waals surface area contributed by atoms with Crippen LogP contribution in [0.1, 0.15) is 30.0 Å². The molecule has 3 aromatic rings. The number of aromatic nitrogens is 1.